The Morgan fingerprint density at radius 2 is 1.76 bits per heavy atom. The van der Waals surface area contributed by atoms with Crippen molar-refractivity contribution in [2.45, 2.75) is 39.8 Å². The molecule has 0 aliphatic rings. The molecule has 1 aromatic carbocycles. The van der Waals surface area contributed by atoms with Crippen LogP contribution in [-0.4, -0.2) is 38.0 Å². The van der Waals surface area contributed by atoms with E-state index in [4.69, 9.17) is 9.84 Å². The van der Waals surface area contributed by atoms with Crippen LogP contribution in [0.4, 0.5) is 0 Å². The van der Waals surface area contributed by atoms with Gasteiger partial charge in [-0.1, -0.05) is 30.3 Å². The van der Waals surface area contributed by atoms with Crippen LogP contribution in [0.25, 0.3) is 28.0 Å². The molecule has 4 rings (SSSR count). The average Bonchev–Trinajstić information content (AvgIpc) is 3.17. The SMILES string of the molecule is CC(C)NC(=O)COc1ccc2c(-c3ccc(=O)n(C(C)C)n3)c(-c3ccccc3)nn2c1. The lowest BCUT2D eigenvalue weighted by molar-refractivity contribution is -0.123. The quantitative estimate of drug-likeness (QED) is 0.468. The molecule has 0 fully saturated rings. The summed E-state index contributed by atoms with van der Waals surface area (Å²) in [6.45, 7) is 7.56. The molecule has 8 nitrogen and oxygen atoms in total. The third-order valence-corrected chi connectivity index (χ3v) is 5.04. The number of ether oxygens (including phenoxy) is 1. The standard InChI is InChI=1S/C25H27N5O3/c1-16(2)26-22(31)15-33-19-10-12-21-24(20-11-13-23(32)30(27-20)17(3)4)25(28-29(21)14-19)18-8-6-5-7-9-18/h5-14,16-17H,15H2,1-4H3,(H,26,31). The molecule has 0 atom stereocenters. The number of nitrogens with zero attached hydrogens (tertiary/aromatic N) is 4. The number of carbonyl (C=O) groups is 1. The number of pyridine rings is 1. The second-order valence-electron chi connectivity index (χ2n) is 8.39. The number of fused-ring (bicyclic) bond motifs is 1. The van der Waals surface area contributed by atoms with E-state index < -0.39 is 0 Å². The Balaban J connectivity index is 1.80. The van der Waals surface area contributed by atoms with Crippen LogP contribution in [0.2, 0.25) is 0 Å². The zero-order valence-electron chi connectivity index (χ0n) is 19.1. The lowest BCUT2D eigenvalue weighted by Gasteiger charge is -2.11. The fourth-order valence-electron chi connectivity index (χ4n) is 3.61. The van der Waals surface area contributed by atoms with Gasteiger partial charge in [-0.3, -0.25) is 9.59 Å². The molecule has 0 saturated heterocycles. The van der Waals surface area contributed by atoms with Crippen molar-refractivity contribution in [2.75, 3.05) is 6.61 Å². The third kappa shape index (κ3) is 4.79. The van der Waals surface area contributed by atoms with Crippen molar-refractivity contribution in [3.8, 4) is 28.3 Å². The summed E-state index contributed by atoms with van der Waals surface area (Å²) in [5, 5.41) is 12.2. The van der Waals surface area contributed by atoms with E-state index in [0.29, 0.717) is 11.4 Å². The molecule has 8 heteroatoms. The van der Waals surface area contributed by atoms with Crippen molar-refractivity contribution in [2.24, 2.45) is 0 Å². The maximum Gasteiger partial charge on any atom is 0.267 e. The predicted molar refractivity (Wildman–Crippen MR) is 127 cm³/mol. The number of nitrogens with one attached hydrogen (secondary N) is 1. The highest BCUT2D eigenvalue weighted by Crippen LogP contribution is 2.34. The number of benzene rings is 1. The van der Waals surface area contributed by atoms with Gasteiger partial charge in [-0.05, 0) is 45.9 Å². The van der Waals surface area contributed by atoms with Gasteiger partial charge in [0.2, 0.25) is 0 Å². The predicted octanol–water partition coefficient (Wildman–Crippen LogP) is 3.71. The van der Waals surface area contributed by atoms with E-state index in [0.717, 1.165) is 22.3 Å². The summed E-state index contributed by atoms with van der Waals surface area (Å²) in [5.74, 6) is 0.339. The maximum atomic E-state index is 12.3. The highest BCUT2D eigenvalue weighted by Gasteiger charge is 2.19. The van der Waals surface area contributed by atoms with E-state index >= 15 is 0 Å². The van der Waals surface area contributed by atoms with E-state index in [1.807, 2.05) is 64.1 Å². The molecule has 0 aliphatic carbocycles. The largest absolute Gasteiger partial charge is 0.482 e. The number of carbonyl (C=O) groups excluding carboxylic acids is 1. The summed E-state index contributed by atoms with van der Waals surface area (Å²) >= 11 is 0. The molecule has 33 heavy (non-hydrogen) atoms. The molecule has 0 unspecified atom stereocenters. The molecule has 0 aliphatic heterocycles. The lowest BCUT2D eigenvalue weighted by atomic mass is 10.0. The number of amides is 1. The van der Waals surface area contributed by atoms with E-state index in [1.54, 1.807) is 22.8 Å². The highest BCUT2D eigenvalue weighted by atomic mass is 16.5. The van der Waals surface area contributed by atoms with Gasteiger partial charge in [0.15, 0.2) is 6.61 Å². The summed E-state index contributed by atoms with van der Waals surface area (Å²) in [6.07, 6.45) is 1.74. The van der Waals surface area contributed by atoms with E-state index in [-0.39, 0.29) is 30.2 Å². The van der Waals surface area contributed by atoms with E-state index in [2.05, 4.69) is 10.4 Å². The molecule has 0 radical (unpaired) electrons. The normalized spacial score (nSPS) is 11.3. The molecule has 0 bridgehead atoms. The Kier molecular flexibility index (Phi) is 6.26. The Hall–Kier alpha value is -3.94. The third-order valence-electron chi connectivity index (χ3n) is 5.04. The van der Waals surface area contributed by atoms with Crippen LogP contribution in [-0.2, 0) is 4.79 Å². The fraction of sp³-hybridized carbons (Fsp3) is 0.280. The first-order chi connectivity index (χ1) is 15.8. The number of rotatable bonds is 7. The van der Waals surface area contributed by atoms with Crippen molar-refractivity contribution in [3.63, 3.8) is 0 Å². The van der Waals surface area contributed by atoms with Crippen molar-refractivity contribution in [1.82, 2.24) is 24.7 Å². The minimum Gasteiger partial charge on any atom is -0.482 e. The molecule has 1 amide bonds. The Morgan fingerprint density at radius 1 is 1.00 bits per heavy atom. The minimum atomic E-state index is -0.184. The summed E-state index contributed by atoms with van der Waals surface area (Å²) in [6, 6.07) is 16.7. The number of hydrogen-bond acceptors (Lipinski definition) is 5. The number of aromatic nitrogens is 4. The topological polar surface area (TPSA) is 90.5 Å². The molecule has 3 aromatic heterocycles. The molecule has 1 N–H and O–H groups in total. The second-order valence-corrected chi connectivity index (χ2v) is 8.39. The Labute approximate surface area is 191 Å². The van der Waals surface area contributed by atoms with Crippen LogP contribution in [0.1, 0.15) is 33.7 Å². The zero-order valence-corrected chi connectivity index (χ0v) is 19.1. The van der Waals surface area contributed by atoms with Crippen LogP contribution in [0.5, 0.6) is 5.75 Å². The molecule has 170 valence electrons. The summed E-state index contributed by atoms with van der Waals surface area (Å²) in [5.41, 5.74) is 3.81. The summed E-state index contributed by atoms with van der Waals surface area (Å²) in [4.78, 5) is 24.2. The van der Waals surface area contributed by atoms with Gasteiger partial charge in [-0.15, -0.1) is 0 Å². The molecule has 4 aromatic rings. The van der Waals surface area contributed by atoms with Crippen molar-refractivity contribution < 1.29 is 9.53 Å². The average molecular weight is 446 g/mol. The lowest BCUT2D eigenvalue weighted by Crippen LogP contribution is -2.34. The van der Waals surface area contributed by atoms with Gasteiger partial charge >= 0.3 is 0 Å². The zero-order chi connectivity index (χ0) is 23.5. The van der Waals surface area contributed by atoms with Crippen LogP contribution in [0, 0.1) is 0 Å². The van der Waals surface area contributed by atoms with Gasteiger partial charge in [0.1, 0.15) is 11.4 Å². The van der Waals surface area contributed by atoms with E-state index in [1.165, 1.54) is 10.7 Å². The van der Waals surface area contributed by atoms with Crippen LogP contribution in [0.3, 0.4) is 0 Å². The molecular weight excluding hydrogens is 418 g/mol. The van der Waals surface area contributed by atoms with Gasteiger partial charge in [0.25, 0.3) is 11.5 Å². The van der Waals surface area contributed by atoms with Crippen LogP contribution in [0.15, 0.2) is 65.6 Å². The highest BCUT2D eigenvalue weighted by molar-refractivity contribution is 5.90. The van der Waals surface area contributed by atoms with Gasteiger partial charge in [-0.2, -0.15) is 10.2 Å². The second kappa shape index (κ2) is 9.28. The first kappa shape index (κ1) is 22.3. The minimum absolute atomic E-state index is 0.0484. The Bertz CT molecular complexity index is 1340. The molecule has 0 spiro atoms. The summed E-state index contributed by atoms with van der Waals surface area (Å²) < 4.78 is 8.86. The van der Waals surface area contributed by atoms with Gasteiger partial charge in [0, 0.05) is 17.7 Å². The molecule has 0 saturated carbocycles. The van der Waals surface area contributed by atoms with Gasteiger partial charge in [-0.25, -0.2) is 9.20 Å². The molecular formula is C25H27N5O3. The summed E-state index contributed by atoms with van der Waals surface area (Å²) in [7, 11) is 0. The first-order valence-electron chi connectivity index (χ1n) is 10.9. The maximum absolute atomic E-state index is 12.3. The monoisotopic (exact) mass is 445 g/mol. The smallest absolute Gasteiger partial charge is 0.267 e. The van der Waals surface area contributed by atoms with Crippen LogP contribution < -0.4 is 15.6 Å². The van der Waals surface area contributed by atoms with Crippen molar-refractivity contribution in [1.29, 1.82) is 0 Å². The van der Waals surface area contributed by atoms with Crippen molar-refractivity contribution >= 4 is 11.4 Å². The Morgan fingerprint density at radius 3 is 2.45 bits per heavy atom. The van der Waals surface area contributed by atoms with Gasteiger partial charge in [0.05, 0.1) is 29.0 Å². The van der Waals surface area contributed by atoms with Crippen LogP contribution >= 0.6 is 0 Å². The van der Waals surface area contributed by atoms with Crippen molar-refractivity contribution in [3.05, 3.63) is 71.1 Å². The van der Waals surface area contributed by atoms with E-state index in [9.17, 15) is 9.59 Å². The number of hydrogen-bond donors (Lipinski definition) is 1. The first-order valence-corrected chi connectivity index (χ1v) is 10.9. The molecule has 3 heterocycles. The fourth-order valence-corrected chi connectivity index (χ4v) is 3.61. The van der Waals surface area contributed by atoms with Gasteiger partial charge < -0.3 is 10.1 Å².